The summed E-state index contributed by atoms with van der Waals surface area (Å²) in [5, 5.41) is 4.98. The van der Waals surface area contributed by atoms with Crippen molar-refractivity contribution in [2.45, 2.75) is 13.5 Å². The second-order valence-electron chi connectivity index (χ2n) is 5.96. The van der Waals surface area contributed by atoms with Crippen molar-refractivity contribution in [2.24, 2.45) is 5.10 Å². The number of carbonyl (C=O) groups is 2. The highest BCUT2D eigenvalue weighted by Crippen LogP contribution is 2.20. The topological polar surface area (TPSA) is 81.9 Å². The predicted octanol–water partition coefficient (Wildman–Crippen LogP) is 2.98. The van der Waals surface area contributed by atoms with Crippen molar-refractivity contribution in [2.75, 3.05) is 13.7 Å². The molecular weight excluding hydrogens is 358 g/mol. The summed E-state index contributed by atoms with van der Waals surface area (Å²) in [6.45, 7) is 2.57. The molecule has 1 N–H and O–H groups in total. The minimum atomic E-state index is -0.340. The second-order valence-corrected chi connectivity index (χ2v) is 5.96. The van der Waals surface area contributed by atoms with E-state index in [1.807, 2.05) is 31.2 Å². The SMILES string of the molecule is CCOc1ccc(C(=O)N/N=C/c2cn(CC(=O)OC)c3ccccc23)cc1. The summed E-state index contributed by atoms with van der Waals surface area (Å²) in [4.78, 5) is 23.8. The van der Waals surface area contributed by atoms with Crippen LogP contribution in [0.25, 0.3) is 10.9 Å². The highest BCUT2D eigenvalue weighted by molar-refractivity contribution is 6.01. The Labute approximate surface area is 162 Å². The number of rotatable bonds is 7. The van der Waals surface area contributed by atoms with Gasteiger partial charge in [-0.1, -0.05) is 18.2 Å². The number of benzene rings is 2. The lowest BCUT2D eigenvalue weighted by atomic mass is 10.2. The Kier molecular flexibility index (Phi) is 6.06. The first-order chi connectivity index (χ1) is 13.6. The van der Waals surface area contributed by atoms with Gasteiger partial charge in [-0.05, 0) is 37.3 Å². The van der Waals surface area contributed by atoms with Gasteiger partial charge in [0, 0.05) is 28.2 Å². The van der Waals surface area contributed by atoms with Gasteiger partial charge in [-0.2, -0.15) is 5.10 Å². The lowest BCUT2D eigenvalue weighted by Gasteiger charge is -2.03. The zero-order valence-corrected chi connectivity index (χ0v) is 15.7. The van der Waals surface area contributed by atoms with Crippen LogP contribution in [0.15, 0.2) is 59.8 Å². The Bertz CT molecular complexity index is 1010. The molecule has 1 amide bonds. The summed E-state index contributed by atoms with van der Waals surface area (Å²) in [5.41, 5.74) is 4.66. The highest BCUT2D eigenvalue weighted by Gasteiger charge is 2.10. The number of esters is 1. The molecule has 144 valence electrons. The van der Waals surface area contributed by atoms with Crippen LogP contribution in [-0.4, -0.2) is 36.4 Å². The maximum atomic E-state index is 12.2. The van der Waals surface area contributed by atoms with Crippen molar-refractivity contribution in [3.05, 3.63) is 65.9 Å². The fourth-order valence-corrected chi connectivity index (χ4v) is 2.81. The van der Waals surface area contributed by atoms with Gasteiger partial charge in [0.25, 0.3) is 5.91 Å². The van der Waals surface area contributed by atoms with Crippen LogP contribution >= 0.6 is 0 Å². The smallest absolute Gasteiger partial charge is 0.325 e. The molecule has 28 heavy (non-hydrogen) atoms. The van der Waals surface area contributed by atoms with Crippen LogP contribution < -0.4 is 10.2 Å². The number of para-hydroxylation sites is 1. The number of methoxy groups -OCH3 is 1. The number of carbonyl (C=O) groups excluding carboxylic acids is 2. The van der Waals surface area contributed by atoms with Crippen LogP contribution in [0.1, 0.15) is 22.8 Å². The number of hydrazone groups is 1. The molecule has 2 aromatic carbocycles. The first-order valence-electron chi connectivity index (χ1n) is 8.83. The molecule has 0 radical (unpaired) electrons. The van der Waals surface area contributed by atoms with Crippen molar-refractivity contribution >= 4 is 29.0 Å². The third kappa shape index (κ3) is 4.37. The minimum absolute atomic E-state index is 0.101. The van der Waals surface area contributed by atoms with Crippen LogP contribution in [0, 0.1) is 0 Å². The van der Waals surface area contributed by atoms with E-state index in [2.05, 4.69) is 10.5 Å². The van der Waals surface area contributed by atoms with Gasteiger partial charge in [0.15, 0.2) is 0 Å². The van der Waals surface area contributed by atoms with Crippen LogP contribution in [0.3, 0.4) is 0 Å². The molecule has 0 fully saturated rings. The van der Waals surface area contributed by atoms with Crippen molar-refractivity contribution in [3.63, 3.8) is 0 Å². The Morgan fingerprint density at radius 1 is 1.14 bits per heavy atom. The average molecular weight is 379 g/mol. The third-order valence-electron chi connectivity index (χ3n) is 4.14. The third-order valence-corrected chi connectivity index (χ3v) is 4.14. The van der Waals surface area contributed by atoms with Crippen LogP contribution in [0.2, 0.25) is 0 Å². The molecular formula is C21H21N3O4. The maximum absolute atomic E-state index is 12.2. The van der Waals surface area contributed by atoms with Gasteiger partial charge in [-0.3, -0.25) is 9.59 Å². The van der Waals surface area contributed by atoms with E-state index >= 15 is 0 Å². The number of nitrogens with one attached hydrogen (secondary N) is 1. The van der Waals surface area contributed by atoms with E-state index in [1.54, 1.807) is 41.2 Å². The van der Waals surface area contributed by atoms with Crippen molar-refractivity contribution < 1.29 is 19.1 Å². The number of ether oxygens (including phenoxy) is 2. The summed E-state index contributed by atoms with van der Waals surface area (Å²) in [7, 11) is 1.35. The van der Waals surface area contributed by atoms with Gasteiger partial charge in [-0.15, -0.1) is 0 Å². The summed E-state index contributed by atoms with van der Waals surface area (Å²) in [6, 6.07) is 14.5. The molecule has 0 aliphatic rings. The summed E-state index contributed by atoms with van der Waals surface area (Å²) < 4.78 is 11.9. The molecule has 1 heterocycles. The zero-order valence-electron chi connectivity index (χ0n) is 15.7. The molecule has 0 saturated carbocycles. The predicted molar refractivity (Wildman–Crippen MR) is 107 cm³/mol. The monoisotopic (exact) mass is 379 g/mol. The highest BCUT2D eigenvalue weighted by atomic mass is 16.5. The van der Waals surface area contributed by atoms with E-state index in [0.717, 1.165) is 16.5 Å². The van der Waals surface area contributed by atoms with E-state index in [-0.39, 0.29) is 18.4 Å². The van der Waals surface area contributed by atoms with E-state index in [4.69, 9.17) is 9.47 Å². The van der Waals surface area contributed by atoms with Crippen molar-refractivity contribution in [1.82, 2.24) is 9.99 Å². The normalized spacial score (nSPS) is 10.9. The molecule has 7 nitrogen and oxygen atoms in total. The van der Waals surface area contributed by atoms with Crippen molar-refractivity contribution in [3.8, 4) is 5.75 Å². The van der Waals surface area contributed by atoms with E-state index in [0.29, 0.717) is 17.9 Å². The molecule has 0 atom stereocenters. The summed E-state index contributed by atoms with van der Waals surface area (Å²) in [5.74, 6) is 0.0478. The number of hydrogen-bond donors (Lipinski definition) is 1. The molecule has 0 aliphatic carbocycles. The Hall–Kier alpha value is -3.61. The Morgan fingerprint density at radius 3 is 2.61 bits per heavy atom. The lowest BCUT2D eigenvalue weighted by molar-refractivity contribution is -0.141. The number of aromatic nitrogens is 1. The Morgan fingerprint density at radius 2 is 1.89 bits per heavy atom. The van der Waals surface area contributed by atoms with Crippen LogP contribution in [0.4, 0.5) is 0 Å². The lowest BCUT2D eigenvalue weighted by Crippen LogP contribution is -2.17. The molecule has 3 rings (SSSR count). The standard InChI is InChI=1S/C21H21N3O4/c1-3-28-17-10-8-15(9-11-17)21(26)23-22-12-16-13-24(14-20(25)27-2)19-7-5-4-6-18(16)19/h4-13H,3,14H2,1-2H3,(H,23,26)/b22-12+. The van der Waals surface area contributed by atoms with Crippen LogP contribution in [-0.2, 0) is 16.1 Å². The van der Waals surface area contributed by atoms with Crippen molar-refractivity contribution in [1.29, 1.82) is 0 Å². The average Bonchev–Trinajstić information content (AvgIpc) is 3.06. The number of fused-ring (bicyclic) bond motifs is 1. The van der Waals surface area contributed by atoms with Gasteiger partial charge < -0.3 is 14.0 Å². The first kappa shape index (κ1) is 19.2. The molecule has 3 aromatic rings. The van der Waals surface area contributed by atoms with Gasteiger partial charge >= 0.3 is 5.97 Å². The molecule has 7 heteroatoms. The van der Waals surface area contributed by atoms with Gasteiger partial charge in [0.05, 0.1) is 19.9 Å². The fraction of sp³-hybridized carbons (Fsp3) is 0.190. The number of hydrogen-bond acceptors (Lipinski definition) is 5. The molecule has 0 bridgehead atoms. The number of nitrogens with zero attached hydrogens (tertiary/aromatic N) is 2. The van der Waals surface area contributed by atoms with E-state index < -0.39 is 0 Å². The molecule has 1 aromatic heterocycles. The number of amides is 1. The van der Waals surface area contributed by atoms with E-state index in [9.17, 15) is 9.59 Å². The first-order valence-corrected chi connectivity index (χ1v) is 8.83. The van der Waals surface area contributed by atoms with Crippen LogP contribution in [0.5, 0.6) is 5.75 Å². The molecule has 0 saturated heterocycles. The molecule has 0 aliphatic heterocycles. The second kappa shape index (κ2) is 8.85. The van der Waals surface area contributed by atoms with Gasteiger partial charge in [0.2, 0.25) is 0 Å². The zero-order chi connectivity index (χ0) is 19.9. The minimum Gasteiger partial charge on any atom is -0.494 e. The van der Waals surface area contributed by atoms with Gasteiger partial charge in [-0.25, -0.2) is 5.43 Å². The largest absolute Gasteiger partial charge is 0.494 e. The maximum Gasteiger partial charge on any atom is 0.325 e. The molecule has 0 unspecified atom stereocenters. The quantitative estimate of drug-likeness (QED) is 0.389. The summed E-state index contributed by atoms with van der Waals surface area (Å²) in [6.07, 6.45) is 3.36. The van der Waals surface area contributed by atoms with E-state index in [1.165, 1.54) is 7.11 Å². The Balaban J connectivity index is 1.74. The molecule has 0 spiro atoms. The fourth-order valence-electron chi connectivity index (χ4n) is 2.81. The summed E-state index contributed by atoms with van der Waals surface area (Å²) >= 11 is 0. The van der Waals surface area contributed by atoms with Gasteiger partial charge in [0.1, 0.15) is 12.3 Å².